The van der Waals surface area contributed by atoms with Gasteiger partial charge in [0.2, 0.25) is 0 Å². The van der Waals surface area contributed by atoms with E-state index < -0.39 is 12.1 Å². The van der Waals surface area contributed by atoms with Gasteiger partial charge in [-0.1, -0.05) is 0 Å². The van der Waals surface area contributed by atoms with Crippen LogP contribution in [0.2, 0.25) is 0 Å². The van der Waals surface area contributed by atoms with Crippen molar-refractivity contribution in [2.75, 3.05) is 0 Å². The largest absolute Gasteiger partial charge is 0.481 e. The molecule has 0 aromatic heterocycles. The van der Waals surface area contributed by atoms with Crippen molar-refractivity contribution >= 4 is 5.97 Å². The zero-order valence-electron chi connectivity index (χ0n) is 6.16. The van der Waals surface area contributed by atoms with Crippen LogP contribution in [0.15, 0.2) is 0 Å². The molecule has 2 rings (SSSR count). The second kappa shape index (κ2) is 2.19. The number of carbonyl (C=O) groups is 1. The fourth-order valence-corrected chi connectivity index (χ4v) is 2.53. The molecule has 0 aliphatic heterocycles. The number of carboxylic acid groups (broad SMARTS) is 1. The van der Waals surface area contributed by atoms with Gasteiger partial charge in [0.05, 0.1) is 5.92 Å². The molecule has 2 bridgehead atoms. The summed E-state index contributed by atoms with van der Waals surface area (Å²) in [4.78, 5) is 10.6. The fourth-order valence-electron chi connectivity index (χ4n) is 2.53. The molecule has 3 heteroatoms. The van der Waals surface area contributed by atoms with Crippen LogP contribution in [0, 0.1) is 17.8 Å². The third kappa shape index (κ3) is 0.865. The number of alkyl halides is 1. The molecule has 1 N–H and O–H groups in total. The summed E-state index contributed by atoms with van der Waals surface area (Å²) in [6, 6.07) is 0. The minimum atomic E-state index is -0.823. The van der Waals surface area contributed by atoms with Crippen molar-refractivity contribution in [1.29, 1.82) is 0 Å². The van der Waals surface area contributed by atoms with Gasteiger partial charge in [0.15, 0.2) is 0 Å². The monoisotopic (exact) mass is 158 g/mol. The van der Waals surface area contributed by atoms with Gasteiger partial charge in [0.25, 0.3) is 0 Å². The summed E-state index contributed by atoms with van der Waals surface area (Å²) in [5.74, 6) is -1.30. The van der Waals surface area contributed by atoms with E-state index >= 15 is 0 Å². The molecule has 4 atom stereocenters. The SMILES string of the molecule is O=C(O)[C@@H]1C[C@H]2CC[C@H]1[C@H]2F. The fraction of sp³-hybridized carbons (Fsp3) is 0.875. The average Bonchev–Trinajstić information content (AvgIpc) is 2.46. The Morgan fingerprint density at radius 2 is 2.18 bits per heavy atom. The van der Waals surface area contributed by atoms with Crippen LogP contribution in [-0.2, 0) is 4.79 Å². The van der Waals surface area contributed by atoms with Crippen LogP contribution in [-0.4, -0.2) is 17.2 Å². The highest BCUT2D eigenvalue weighted by molar-refractivity contribution is 5.71. The van der Waals surface area contributed by atoms with Crippen molar-refractivity contribution in [1.82, 2.24) is 0 Å². The summed E-state index contributed by atoms with van der Waals surface area (Å²) in [5.41, 5.74) is 0. The summed E-state index contributed by atoms with van der Waals surface area (Å²) in [5, 5.41) is 8.69. The summed E-state index contributed by atoms with van der Waals surface area (Å²) in [7, 11) is 0. The van der Waals surface area contributed by atoms with Crippen molar-refractivity contribution in [3.8, 4) is 0 Å². The maximum absolute atomic E-state index is 13.1. The molecule has 0 unspecified atom stereocenters. The maximum Gasteiger partial charge on any atom is 0.306 e. The zero-order chi connectivity index (χ0) is 8.01. The van der Waals surface area contributed by atoms with Crippen LogP contribution in [0.1, 0.15) is 19.3 Å². The summed E-state index contributed by atoms with van der Waals surface area (Å²) < 4.78 is 13.1. The molecule has 2 saturated carbocycles. The van der Waals surface area contributed by atoms with E-state index in [4.69, 9.17) is 5.11 Å². The van der Waals surface area contributed by atoms with Gasteiger partial charge in [-0.25, -0.2) is 4.39 Å². The third-order valence-electron chi connectivity index (χ3n) is 3.12. The van der Waals surface area contributed by atoms with E-state index in [-0.39, 0.29) is 17.8 Å². The van der Waals surface area contributed by atoms with Crippen LogP contribution in [0.5, 0.6) is 0 Å². The highest BCUT2D eigenvalue weighted by atomic mass is 19.1. The van der Waals surface area contributed by atoms with E-state index in [1.165, 1.54) is 0 Å². The number of hydrogen-bond acceptors (Lipinski definition) is 1. The van der Waals surface area contributed by atoms with Gasteiger partial charge in [-0.3, -0.25) is 4.79 Å². The molecule has 11 heavy (non-hydrogen) atoms. The smallest absolute Gasteiger partial charge is 0.306 e. The first-order chi connectivity index (χ1) is 5.20. The maximum atomic E-state index is 13.1. The van der Waals surface area contributed by atoms with E-state index in [0.717, 1.165) is 12.8 Å². The van der Waals surface area contributed by atoms with E-state index in [0.29, 0.717) is 6.42 Å². The number of halogens is 1. The first kappa shape index (κ1) is 7.07. The van der Waals surface area contributed by atoms with Crippen molar-refractivity contribution in [2.45, 2.75) is 25.4 Å². The van der Waals surface area contributed by atoms with Crippen LogP contribution in [0.25, 0.3) is 0 Å². The molecule has 0 saturated heterocycles. The van der Waals surface area contributed by atoms with Crippen molar-refractivity contribution in [2.24, 2.45) is 17.8 Å². The van der Waals surface area contributed by atoms with E-state index in [1.807, 2.05) is 0 Å². The Morgan fingerprint density at radius 3 is 2.45 bits per heavy atom. The van der Waals surface area contributed by atoms with Gasteiger partial charge in [-0.05, 0) is 25.2 Å². The average molecular weight is 158 g/mol. The lowest BCUT2D eigenvalue weighted by molar-refractivity contribution is -0.143. The minimum Gasteiger partial charge on any atom is -0.481 e. The number of hydrogen-bond donors (Lipinski definition) is 1. The van der Waals surface area contributed by atoms with Gasteiger partial charge in [-0.15, -0.1) is 0 Å². The van der Waals surface area contributed by atoms with Crippen LogP contribution in [0.3, 0.4) is 0 Å². The zero-order valence-corrected chi connectivity index (χ0v) is 6.16. The predicted octanol–water partition coefficient (Wildman–Crippen LogP) is 1.46. The highest BCUT2D eigenvalue weighted by Crippen LogP contribution is 2.50. The number of aliphatic carboxylic acids is 1. The lowest BCUT2D eigenvalue weighted by Gasteiger charge is -2.15. The standard InChI is InChI=1S/C8H11FO2/c9-7-4-1-2-5(7)6(3-4)8(10)11/h4-7H,1-3H2,(H,10,11)/t4-,5-,6-,7+/m1/s1. The molecule has 0 spiro atoms. The molecular formula is C8H11FO2. The van der Waals surface area contributed by atoms with Crippen molar-refractivity contribution in [3.63, 3.8) is 0 Å². The quantitative estimate of drug-likeness (QED) is 0.627. The molecule has 2 aliphatic rings. The molecule has 0 heterocycles. The lowest BCUT2D eigenvalue weighted by atomic mass is 9.89. The Kier molecular flexibility index (Phi) is 1.41. The van der Waals surface area contributed by atoms with Crippen LogP contribution < -0.4 is 0 Å². The van der Waals surface area contributed by atoms with Gasteiger partial charge < -0.3 is 5.11 Å². The molecule has 0 aromatic carbocycles. The number of fused-ring (bicyclic) bond motifs is 2. The summed E-state index contributed by atoms with van der Waals surface area (Å²) in [6.45, 7) is 0. The molecular weight excluding hydrogens is 147 g/mol. The Labute approximate surface area is 64.4 Å². The molecule has 0 radical (unpaired) electrons. The lowest BCUT2D eigenvalue weighted by Crippen LogP contribution is -2.21. The van der Waals surface area contributed by atoms with Gasteiger partial charge in [-0.2, -0.15) is 0 Å². The second-order valence-electron chi connectivity index (χ2n) is 3.63. The molecule has 0 amide bonds. The number of carboxylic acids is 1. The molecule has 0 aromatic rings. The molecule has 2 nitrogen and oxygen atoms in total. The Hall–Kier alpha value is -0.600. The molecule has 2 aliphatic carbocycles. The molecule has 62 valence electrons. The van der Waals surface area contributed by atoms with Crippen molar-refractivity contribution < 1.29 is 14.3 Å². The minimum absolute atomic E-state index is 0.0566. The Morgan fingerprint density at radius 1 is 1.45 bits per heavy atom. The topological polar surface area (TPSA) is 37.3 Å². The summed E-state index contributed by atoms with van der Waals surface area (Å²) in [6.07, 6.45) is 1.43. The van der Waals surface area contributed by atoms with Crippen LogP contribution in [0.4, 0.5) is 4.39 Å². The van der Waals surface area contributed by atoms with Crippen molar-refractivity contribution in [3.05, 3.63) is 0 Å². The predicted molar refractivity (Wildman–Crippen MR) is 36.9 cm³/mol. The van der Waals surface area contributed by atoms with E-state index in [1.54, 1.807) is 0 Å². The van der Waals surface area contributed by atoms with E-state index in [2.05, 4.69) is 0 Å². The van der Waals surface area contributed by atoms with Gasteiger partial charge in [0.1, 0.15) is 6.17 Å². The van der Waals surface area contributed by atoms with Gasteiger partial charge in [0, 0.05) is 5.92 Å². The van der Waals surface area contributed by atoms with Gasteiger partial charge >= 0.3 is 5.97 Å². The molecule has 2 fully saturated rings. The van der Waals surface area contributed by atoms with E-state index in [9.17, 15) is 9.18 Å². The third-order valence-corrected chi connectivity index (χ3v) is 3.12. The first-order valence-corrected chi connectivity index (χ1v) is 4.07. The normalized spacial score (nSPS) is 48.1. The van der Waals surface area contributed by atoms with Crippen LogP contribution >= 0.6 is 0 Å². The summed E-state index contributed by atoms with van der Waals surface area (Å²) >= 11 is 0. The second-order valence-corrected chi connectivity index (χ2v) is 3.63. The number of rotatable bonds is 1. The highest BCUT2D eigenvalue weighted by Gasteiger charge is 2.51. The first-order valence-electron chi connectivity index (χ1n) is 4.07. The Bertz CT molecular complexity index is 193. The Balaban J connectivity index is 2.14.